The first-order valence-electron chi connectivity index (χ1n) is 11.4. The first kappa shape index (κ1) is 24.7. The number of fused-ring (bicyclic) bond motifs is 1. The van der Waals surface area contributed by atoms with Crippen molar-refractivity contribution < 1.29 is 17.9 Å². The lowest BCUT2D eigenvalue weighted by atomic mass is 10.2. The van der Waals surface area contributed by atoms with Crippen LogP contribution in [0.3, 0.4) is 0 Å². The van der Waals surface area contributed by atoms with Gasteiger partial charge >= 0.3 is 0 Å². The molecule has 9 heteroatoms. The van der Waals surface area contributed by atoms with Crippen molar-refractivity contribution in [3.05, 3.63) is 83.9 Å². The zero-order chi connectivity index (χ0) is 25.0. The molecular weight excluding hydrogens is 482 g/mol. The summed E-state index contributed by atoms with van der Waals surface area (Å²) in [7, 11) is -3.68. The van der Waals surface area contributed by atoms with Crippen molar-refractivity contribution in [3.8, 4) is 5.75 Å². The molecule has 1 amide bonds. The molecule has 0 bridgehead atoms. The second kappa shape index (κ2) is 10.5. The summed E-state index contributed by atoms with van der Waals surface area (Å²) in [6, 6.07) is 20.7. The summed E-state index contributed by atoms with van der Waals surface area (Å²) in [4.78, 5) is 12.8. The van der Waals surface area contributed by atoms with Crippen LogP contribution in [0, 0.1) is 0 Å². The van der Waals surface area contributed by atoms with Crippen LogP contribution in [0.25, 0.3) is 0 Å². The minimum absolute atomic E-state index is 0.0445. The van der Waals surface area contributed by atoms with Crippen molar-refractivity contribution in [1.29, 1.82) is 0 Å². The summed E-state index contributed by atoms with van der Waals surface area (Å²) in [6.45, 7) is 4.41. The number of hydrogen-bond acceptors (Lipinski definition) is 5. The fourth-order valence-electron chi connectivity index (χ4n) is 3.76. The van der Waals surface area contributed by atoms with Gasteiger partial charge < -0.3 is 10.1 Å². The van der Waals surface area contributed by atoms with Gasteiger partial charge in [0.15, 0.2) is 5.11 Å². The molecule has 1 heterocycles. The lowest BCUT2D eigenvalue weighted by Crippen LogP contribution is -2.34. The van der Waals surface area contributed by atoms with E-state index in [0.29, 0.717) is 30.0 Å². The lowest BCUT2D eigenvalue weighted by Gasteiger charge is -2.19. The summed E-state index contributed by atoms with van der Waals surface area (Å²) in [5, 5.41) is 5.67. The van der Waals surface area contributed by atoms with Crippen LogP contribution in [-0.2, 0) is 16.4 Å². The van der Waals surface area contributed by atoms with E-state index in [9.17, 15) is 13.2 Å². The van der Waals surface area contributed by atoms with Crippen molar-refractivity contribution in [2.24, 2.45) is 0 Å². The van der Waals surface area contributed by atoms with Crippen molar-refractivity contribution >= 4 is 44.6 Å². The average molecular weight is 510 g/mol. The highest BCUT2D eigenvalue weighted by atomic mass is 32.2. The van der Waals surface area contributed by atoms with Crippen LogP contribution in [-0.4, -0.2) is 32.1 Å². The third-order valence-electron chi connectivity index (χ3n) is 5.78. The number of rotatable bonds is 7. The van der Waals surface area contributed by atoms with Gasteiger partial charge in [0.05, 0.1) is 16.7 Å². The minimum atomic E-state index is -3.68. The summed E-state index contributed by atoms with van der Waals surface area (Å²) in [5.41, 5.74) is 2.72. The van der Waals surface area contributed by atoms with Gasteiger partial charge in [0.1, 0.15) is 5.75 Å². The fourth-order valence-corrected chi connectivity index (χ4v) is 5.47. The van der Waals surface area contributed by atoms with Gasteiger partial charge in [-0.15, -0.1) is 0 Å². The standard InChI is InChI=1S/C26H27N3O4S2/c1-3-18(2)33-22-9-6-8-20(17-22)25(30)28-26(34)27-21-11-13-23(14-12-21)35(31,32)29-16-15-19-7-4-5-10-24(19)29/h4-14,17-18H,3,15-16H2,1-2H3,(H2,27,28,30,34). The molecule has 7 nitrogen and oxygen atoms in total. The van der Waals surface area contributed by atoms with Crippen molar-refractivity contribution in [1.82, 2.24) is 5.32 Å². The van der Waals surface area contributed by atoms with E-state index < -0.39 is 10.0 Å². The largest absolute Gasteiger partial charge is 0.491 e. The van der Waals surface area contributed by atoms with Crippen molar-refractivity contribution in [2.75, 3.05) is 16.2 Å². The lowest BCUT2D eigenvalue weighted by molar-refractivity contribution is 0.0977. The Balaban J connectivity index is 1.39. The number of carbonyl (C=O) groups is 1. The molecule has 2 N–H and O–H groups in total. The Hall–Kier alpha value is -3.43. The first-order chi connectivity index (χ1) is 16.8. The number of amides is 1. The minimum Gasteiger partial charge on any atom is -0.491 e. The predicted octanol–water partition coefficient (Wildman–Crippen LogP) is 4.74. The Kier molecular flexibility index (Phi) is 7.37. The maximum Gasteiger partial charge on any atom is 0.264 e. The van der Waals surface area contributed by atoms with E-state index in [1.807, 2.05) is 38.1 Å². The summed E-state index contributed by atoms with van der Waals surface area (Å²) in [5.74, 6) is 0.243. The maximum atomic E-state index is 13.2. The third-order valence-corrected chi connectivity index (χ3v) is 7.81. The quantitative estimate of drug-likeness (QED) is 0.447. The highest BCUT2D eigenvalue weighted by Gasteiger charge is 2.30. The monoisotopic (exact) mass is 509 g/mol. The molecule has 182 valence electrons. The molecule has 3 aromatic carbocycles. The number of benzene rings is 3. The number of hydrogen-bond donors (Lipinski definition) is 2. The highest BCUT2D eigenvalue weighted by Crippen LogP contribution is 2.32. The van der Waals surface area contributed by atoms with Gasteiger partial charge in [0, 0.05) is 17.8 Å². The van der Waals surface area contributed by atoms with Crippen LogP contribution < -0.4 is 19.7 Å². The van der Waals surface area contributed by atoms with Gasteiger partial charge in [-0.1, -0.05) is 31.2 Å². The van der Waals surface area contributed by atoms with Crippen LogP contribution in [0.2, 0.25) is 0 Å². The van der Waals surface area contributed by atoms with Crippen LogP contribution in [0.15, 0.2) is 77.7 Å². The van der Waals surface area contributed by atoms with E-state index in [2.05, 4.69) is 10.6 Å². The number of nitrogens with zero attached hydrogens (tertiary/aromatic N) is 1. The highest BCUT2D eigenvalue weighted by molar-refractivity contribution is 7.92. The van der Waals surface area contributed by atoms with Gasteiger partial charge in [-0.3, -0.25) is 14.4 Å². The van der Waals surface area contributed by atoms with Gasteiger partial charge in [-0.25, -0.2) is 8.42 Å². The Morgan fingerprint density at radius 3 is 2.57 bits per heavy atom. The number of ether oxygens (including phenoxy) is 1. The number of thiocarbonyl (C=S) groups is 1. The zero-order valence-corrected chi connectivity index (χ0v) is 21.2. The van der Waals surface area contributed by atoms with Gasteiger partial charge in [0.2, 0.25) is 0 Å². The summed E-state index contributed by atoms with van der Waals surface area (Å²) >= 11 is 5.27. The molecule has 0 aromatic heterocycles. The zero-order valence-electron chi connectivity index (χ0n) is 19.5. The molecule has 1 unspecified atom stereocenters. The molecule has 0 radical (unpaired) electrons. The summed E-state index contributed by atoms with van der Waals surface area (Å²) in [6.07, 6.45) is 1.59. The molecule has 3 aromatic rings. The molecule has 35 heavy (non-hydrogen) atoms. The molecule has 0 fully saturated rings. The third kappa shape index (κ3) is 5.63. The normalized spacial score (nSPS) is 13.6. The van der Waals surface area contributed by atoms with Gasteiger partial charge in [0.25, 0.3) is 15.9 Å². The van der Waals surface area contributed by atoms with Crippen LogP contribution >= 0.6 is 12.2 Å². The number of carbonyl (C=O) groups excluding carboxylic acids is 1. The van der Waals surface area contributed by atoms with Crippen LogP contribution in [0.5, 0.6) is 5.75 Å². The predicted molar refractivity (Wildman–Crippen MR) is 142 cm³/mol. The molecule has 0 aliphatic carbocycles. The molecule has 0 saturated carbocycles. The fraction of sp³-hybridized carbons (Fsp3) is 0.231. The SMILES string of the molecule is CCC(C)Oc1cccc(C(=O)NC(=S)Nc2ccc(S(=O)(=O)N3CCc4ccccc43)cc2)c1. The van der Waals surface area contributed by atoms with E-state index in [4.69, 9.17) is 17.0 Å². The molecule has 1 atom stereocenters. The molecule has 1 aliphatic rings. The molecule has 4 rings (SSSR count). The van der Waals surface area contributed by atoms with E-state index in [1.165, 1.54) is 16.4 Å². The van der Waals surface area contributed by atoms with E-state index in [0.717, 1.165) is 17.7 Å². The second-order valence-corrected chi connectivity index (χ2v) is 10.5. The molecular formula is C26H27N3O4S2. The summed E-state index contributed by atoms with van der Waals surface area (Å²) < 4.78 is 33.5. The topological polar surface area (TPSA) is 87.7 Å². The van der Waals surface area contributed by atoms with E-state index in [-0.39, 0.29) is 22.0 Å². The second-order valence-electron chi connectivity index (χ2n) is 8.25. The first-order valence-corrected chi connectivity index (χ1v) is 13.2. The Morgan fingerprint density at radius 1 is 1.09 bits per heavy atom. The van der Waals surface area contributed by atoms with E-state index >= 15 is 0 Å². The Labute approximate surface area is 211 Å². The number of para-hydroxylation sites is 1. The average Bonchev–Trinajstić information content (AvgIpc) is 3.29. The molecule has 0 spiro atoms. The van der Waals surface area contributed by atoms with Gasteiger partial charge in [-0.05, 0) is 86.1 Å². The van der Waals surface area contributed by atoms with Crippen molar-refractivity contribution in [3.63, 3.8) is 0 Å². The number of anilines is 2. The number of sulfonamides is 1. The van der Waals surface area contributed by atoms with Crippen molar-refractivity contribution in [2.45, 2.75) is 37.7 Å². The Morgan fingerprint density at radius 2 is 1.83 bits per heavy atom. The molecule has 0 saturated heterocycles. The van der Waals surface area contributed by atoms with E-state index in [1.54, 1.807) is 36.4 Å². The van der Waals surface area contributed by atoms with Crippen LogP contribution in [0.1, 0.15) is 36.2 Å². The van der Waals surface area contributed by atoms with Crippen LogP contribution in [0.4, 0.5) is 11.4 Å². The Bertz CT molecular complexity index is 1340. The smallest absolute Gasteiger partial charge is 0.264 e. The van der Waals surface area contributed by atoms with Gasteiger partial charge in [-0.2, -0.15) is 0 Å². The maximum absolute atomic E-state index is 13.2. The molecule has 1 aliphatic heterocycles. The number of nitrogens with one attached hydrogen (secondary N) is 2.